The van der Waals surface area contributed by atoms with E-state index in [2.05, 4.69) is 16.0 Å². The number of nitrogens with one attached hydrogen (secondary N) is 3. The maximum atomic E-state index is 12.5. The maximum Gasteiger partial charge on any atom is 0.251 e. The SMILES string of the molecule is CCOc1ccc(NCC(=O)Nc2ccc(C(=O)NC(C)c3ccccc3)cc2)cc1. The molecule has 6 heteroatoms. The average Bonchev–Trinajstić information content (AvgIpc) is 2.80. The van der Waals surface area contributed by atoms with Crippen molar-refractivity contribution in [3.8, 4) is 5.75 Å². The van der Waals surface area contributed by atoms with Crippen molar-refractivity contribution in [2.24, 2.45) is 0 Å². The number of benzene rings is 3. The number of hydrogen-bond acceptors (Lipinski definition) is 4. The van der Waals surface area contributed by atoms with Gasteiger partial charge in [0, 0.05) is 16.9 Å². The van der Waals surface area contributed by atoms with E-state index in [4.69, 9.17) is 4.74 Å². The van der Waals surface area contributed by atoms with Crippen molar-refractivity contribution in [1.82, 2.24) is 5.32 Å². The minimum Gasteiger partial charge on any atom is -0.494 e. The third-order valence-electron chi connectivity index (χ3n) is 4.70. The molecule has 0 heterocycles. The molecular formula is C25H27N3O3. The van der Waals surface area contributed by atoms with Crippen LogP contribution in [0.4, 0.5) is 11.4 Å². The predicted molar refractivity (Wildman–Crippen MR) is 123 cm³/mol. The van der Waals surface area contributed by atoms with Crippen molar-refractivity contribution in [3.63, 3.8) is 0 Å². The Labute approximate surface area is 182 Å². The van der Waals surface area contributed by atoms with Crippen LogP contribution >= 0.6 is 0 Å². The second kappa shape index (κ2) is 10.8. The first-order valence-corrected chi connectivity index (χ1v) is 10.3. The Morgan fingerprint density at radius 1 is 0.871 bits per heavy atom. The van der Waals surface area contributed by atoms with Gasteiger partial charge in [-0.3, -0.25) is 9.59 Å². The van der Waals surface area contributed by atoms with Crippen molar-refractivity contribution < 1.29 is 14.3 Å². The van der Waals surface area contributed by atoms with Crippen molar-refractivity contribution >= 4 is 23.2 Å². The minimum absolute atomic E-state index is 0.0956. The quantitative estimate of drug-likeness (QED) is 0.474. The van der Waals surface area contributed by atoms with E-state index in [1.807, 2.05) is 68.4 Å². The fourth-order valence-corrected chi connectivity index (χ4v) is 3.03. The van der Waals surface area contributed by atoms with Gasteiger partial charge in [0.15, 0.2) is 0 Å². The summed E-state index contributed by atoms with van der Waals surface area (Å²) in [5.74, 6) is 0.454. The van der Waals surface area contributed by atoms with Crippen LogP contribution in [0.3, 0.4) is 0 Å². The summed E-state index contributed by atoms with van der Waals surface area (Å²) >= 11 is 0. The molecule has 0 spiro atoms. The van der Waals surface area contributed by atoms with Crippen LogP contribution in [0.25, 0.3) is 0 Å². The van der Waals surface area contributed by atoms with Crippen LogP contribution in [0.5, 0.6) is 5.75 Å². The molecule has 160 valence electrons. The zero-order valence-corrected chi connectivity index (χ0v) is 17.7. The van der Waals surface area contributed by atoms with Gasteiger partial charge in [-0.1, -0.05) is 30.3 Å². The first-order chi connectivity index (χ1) is 15.0. The van der Waals surface area contributed by atoms with Crippen molar-refractivity contribution in [3.05, 3.63) is 90.0 Å². The maximum absolute atomic E-state index is 12.5. The molecule has 1 atom stereocenters. The summed E-state index contributed by atoms with van der Waals surface area (Å²) in [7, 11) is 0. The molecule has 2 amide bonds. The summed E-state index contributed by atoms with van der Waals surface area (Å²) in [6.07, 6.45) is 0. The van der Waals surface area contributed by atoms with E-state index in [1.165, 1.54) is 0 Å². The number of carbonyl (C=O) groups is 2. The van der Waals surface area contributed by atoms with E-state index < -0.39 is 0 Å². The summed E-state index contributed by atoms with van der Waals surface area (Å²) < 4.78 is 5.40. The van der Waals surface area contributed by atoms with Gasteiger partial charge in [-0.05, 0) is 67.9 Å². The van der Waals surface area contributed by atoms with E-state index >= 15 is 0 Å². The summed E-state index contributed by atoms with van der Waals surface area (Å²) in [5, 5.41) is 8.87. The first-order valence-electron chi connectivity index (χ1n) is 10.3. The van der Waals surface area contributed by atoms with Crippen LogP contribution < -0.4 is 20.7 Å². The molecule has 0 radical (unpaired) electrons. The number of anilines is 2. The van der Waals surface area contributed by atoms with E-state index in [0.29, 0.717) is 17.9 Å². The fraction of sp³-hybridized carbons (Fsp3) is 0.200. The third kappa shape index (κ3) is 6.60. The Bertz CT molecular complexity index is 987. The monoisotopic (exact) mass is 417 g/mol. The van der Waals surface area contributed by atoms with Gasteiger partial charge in [0.1, 0.15) is 5.75 Å². The van der Waals surface area contributed by atoms with Gasteiger partial charge in [-0.2, -0.15) is 0 Å². The van der Waals surface area contributed by atoms with E-state index in [0.717, 1.165) is 17.0 Å². The minimum atomic E-state index is -0.177. The van der Waals surface area contributed by atoms with Gasteiger partial charge in [-0.25, -0.2) is 0 Å². The van der Waals surface area contributed by atoms with Crippen molar-refractivity contribution in [2.75, 3.05) is 23.8 Å². The van der Waals surface area contributed by atoms with E-state index in [-0.39, 0.29) is 24.4 Å². The Morgan fingerprint density at radius 3 is 2.16 bits per heavy atom. The molecule has 0 aromatic heterocycles. The lowest BCUT2D eigenvalue weighted by Crippen LogP contribution is -2.26. The zero-order chi connectivity index (χ0) is 22.1. The Balaban J connectivity index is 1.48. The van der Waals surface area contributed by atoms with Gasteiger partial charge < -0.3 is 20.7 Å². The third-order valence-corrected chi connectivity index (χ3v) is 4.70. The topological polar surface area (TPSA) is 79.5 Å². The molecule has 0 aliphatic carbocycles. The Morgan fingerprint density at radius 2 is 1.52 bits per heavy atom. The van der Waals surface area contributed by atoms with Gasteiger partial charge in [-0.15, -0.1) is 0 Å². The molecule has 1 unspecified atom stereocenters. The number of hydrogen-bond donors (Lipinski definition) is 3. The van der Waals surface area contributed by atoms with E-state index in [1.54, 1.807) is 24.3 Å². The first kappa shape index (κ1) is 21.9. The Kier molecular flexibility index (Phi) is 7.65. The standard InChI is InChI=1S/C25H27N3O3/c1-3-31-23-15-13-21(14-16-23)26-17-24(29)28-22-11-9-20(10-12-22)25(30)27-18(2)19-7-5-4-6-8-19/h4-16,18,26H,3,17H2,1-2H3,(H,27,30)(H,28,29). The van der Waals surface area contributed by atoms with Crippen LogP contribution in [0.1, 0.15) is 35.8 Å². The molecule has 0 saturated carbocycles. The number of carbonyl (C=O) groups excluding carboxylic acids is 2. The summed E-state index contributed by atoms with van der Waals surface area (Å²) in [6, 6.07) is 24.0. The predicted octanol–water partition coefficient (Wildman–Crippen LogP) is 4.63. The largest absolute Gasteiger partial charge is 0.494 e. The molecule has 6 nitrogen and oxygen atoms in total. The number of amides is 2. The molecule has 0 bridgehead atoms. The number of rotatable bonds is 9. The molecule has 3 aromatic carbocycles. The Hall–Kier alpha value is -3.80. The van der Waals surface area contributed by atoms with Crippen molar-refractivity contribution in [1.29, 1.82) is 0 Å². The summed E-state index contributed by atoms with van der Waals surface area (Å²) in [5.41, 5.74) is 3.04. The van der Waals surface area contributed by atoms with Crippen molar-refractivity contribution in [2.45, 2.75) is 19.9 Å². The lowest BCUT2D eigenvalue weighted by Gasteiger charge is -2.14. The average molecular weight is 418 g/mol. The highest BCUT2D eigenvalue weighted by Crippen LogP contribution is 2.16. The van der Waals surface area contributed by atoms with Crippen LogP contribution in [-0.2, 0) is 4.79 Å². The van der Waals surface area contributed by atoms with Gasteiger partial charge in [0.05, 0.1) is 19.2 Å². The molecule has 3 rings (SSSR count). The fourth-order valence-electron chi connectivity index (χ4n) is 3.03. The second-order valence-corrected chi connectivity index (χ2v) is 7.04. The van der Waals surface area contributed by atoms with E-state index in [9.17, 15) is 9.59 Å². The summed E-state index contributed by atoms with van der Waals surface area (Å²) in [6.45, 7) is 4.62. The lowest BCUT2D eigenvalue weighted by molar-refractivity contribution is -0.114. The second-order valence-electron chi connectivity index (χ2n) is 7.04. The molecule has 0 aliphatic heterocycles. The van der Waals surface area contributed by atoms with Gasteiger partial charge in [0.25, 0.3) is 5.91 Å². The van der Waals surface area contributed by atoms with Gasteiger partial charge in [0.2, 0.25) is 5.91 Å². The summed E-state index contributed by atoms with van der Waals surface area (Å²) in [4.78, 5) is 24.7. The highest BCUT2D eigenvalue weighted by Gasteiger charge is 2.11. The van der Waals surface area contributed by atoms with Crippen LogP contribution in [-0.4, -0.2) is 25.0 Å². The molecule has 3 N–H and O–H groups in total. The molecule has 3 aromatic rings. The highest BCUT2D eigenvalue weighted by atomic mass is 16.5. The zero-order valence-electron chi connectivity index (χ0n) is 17.7. The van der Waals surface area contributed by atoms with Crippen LogP contribution in [0.15, 0.2) is 78.9 Å². The molecule has 31 heavy (non-hydrogen) atoms. The molecule has 0 saturated heterocycles. The van der Waals surface area contributed by atoms with Crippen LogP contribution in [0, 0.1) is 0 Å². The highest BCUT2D eigenvalue weighted by molar-refractivity contribution is 5.96. The molecular weight excluding hydrogens is 390 g/mol. The molecule has 0 aliphatic rings. The normalized spacial score (nSPS) is 11.3. The van der Waals surface area contributed by atoms with Crippen LogP contribution in [0.2, 0.25) is 0 Å². The number of ether oxygens (including phenoxy) is 1. The van der Waals surface area contributed by atoms with Gasteiger partial charge >= 0.3 is 0 Å². The lowest BCUT2D eigenvalue weighted by atomic mass is 10.1. The molecule has 0 fully saturated rings. The smallest absolute Gasteiger partial charge is 0.251 e.